The van der Waals surface area contributed by atoms with Crippen LogP contribution in [0.15, 0.2) is 470 Å². The van der Waals surface area contributed by atoms with Crippen molar-refractivity contribution in [1.29, 1.82) is 0 Å². The summed E-state index contributed by atoms with van der Waals surface area (Å²) in [5.41, 5.74) is 37.0. The summed E-state index contributed by atoms with van der Waals surface area (Å²) in [5, 5.41) is 11.4. The fourth-order valence-electron chi connectivity index (χ4n) is 20.2. The van der Waals surface area contributed by atoms with Crippen molar-refractivity contribution in [2.45, 2.75) is 37.8 Å². The molecule has 2 aliphatic carbocycles. The molecule has 140 heavy (non-hydrogen) atoms. The van der Waals surface area contributed by atoms with E-state index in [0.29, 0.717) is 34.4 Å². The van der Waals surface area contributed by atoms with Crippen molar-refractivity contribution in [2.24, 2.45) is 9.98 Å². The van der Waals surface area contributed by atoms with E-state index in [2.05, 4.69) is 320 Å². The number of hydrogen-bond acceptors (Lipinski definition) is 14. The lowest BCUT2D eigenvalue weighted by Gasteiger charge is -2.34. The number of amidine groups is 2. The Bertz CT molecular complexity index is 8160. The quantitative estimate of drug-likeness (QED) is 0.0876. The predicted octanol–water partition coefficient (Wildman–Crippen LogP) is 28.8. The number of hydrogen-bond donors (Lipinski definition) is 2. The summed E-state index contributed by atoms with van der Waals surface area (Å²) in [7, 11) is 0. The van der Waals surface area contributed by atoms with Gasteiger partial charge in [0.25, 0.3) is 0 Å². The standard InChI is InChI=1S/C63H47N7.C63H39N7/c2*1-7-20-40(21-8-1)50-38-54(42-24-11-3-12-25-42)65-58-46(50)34-36-48-56(67-62(69-60(48)58)44-28-15-5-16-29-44)52-32-19-33-53(64-52)57-49-37-35-47-51(41-22-9-2-10-23-41)39-55(43-26-13-4-14-27-43)66-59(47)61(49)70-63(68-57)45-30-17-6-18-31-45/h1-33,38-39,56-57H,34-37H2,(H,67,69)(H,68,70);1-39H. The van der Waals surface area contributed by atoms with E-state index in [-0.39, 0.29) is 12.1 Å². The third kappa shape index (κ3) is 15.9. The minimum atomic E-state index is -0.356. The van der Waals surface area contributed by atoms with E-state index >= 15 is 0 Å². The Labute approximate surface area is 809 Å². The van der Waals surface area contributed by atoms with Crippen molar-refractivity contribution >= 4 is 66.7 Å². The van der Waals surface area contributed by atoms with Crippen molar-refractivity contribution in [3.8, 4) is 135 Å². The van der Waals surface area contributed by atoms with Crippen LogP contribution in [0.5, 0.6) is 0 Å². The molecule has 2 unspecified atom stereocenters. The monoisotopic (exact) mass is 1790 g/mol. The average molecular weight is 1800 g/mol. The largest absolute Gasteiger partial charge is 0.338 e. The summed E-state index contributed by atoms with van der Waals surface area (Å²) >= 11 is 0. The number of pyridine rings is 6. The Kier molecular flexibility index (Phi) is 21.7. The number of fused-ring (bicyclic) bond motifs is 10. The highest BCUT2D eigenvalue weighted by molar-refractivity contribution is 6.15. The zero-order valence-electron chi connectivity index (χ0n) is 76.1. The SMILES string of the molecule is c1ccc(-c2cc(-c3ccccc3)c3ccc4c(-c5cccc(-c6nc(-c7ccccc7)nc7c6ccc6c(-c8ccccc8)cc(-c8ccccc8)nc67)n5)nc(-c5ccccc5)nc4c3n2)cc1.c1ccc(C2=NC(c3cccc(C4N=C(c5ccccc5)NC5=C4CCc4c(-c6ccccc6)cc(-c6ccccc6)nc45)n3)C3=C(N2)c2nc(-c4ccccc4)cc(-c4ccccc4)c2CC3)cc1. The Morgan fingerprint density at radius 2 is 0.457 bits per heavy atom. The van der Waals surface area contributed by atoms with Gasteiger partial charge in [-0.15, -0.1) is 0 Å². The van der Waals surface area contributed by atoms with Gasteiger partial charge in [0.1, 0.15) is 46.2 Å². The number of rotatable bonds is 16. The van der Waals surface area contributed by atoms with E-state index in [1.165, 1.54) is 44.5 Å². The Morgan fingerprint density at radius 1 is 0.186 bits per heavy atom. The third-order valence-corrected chi connectivity index (χ3v) is 27.0. The number of aromatic nitrogens is 10. The number of benzene rings is 14. The van der Waals surface area contributed by atoms with Crippen LogP contribution in [-0.4, -0.2) is 61.5 Å². The molecule has 2 aliphatic heterocycles. The molecule has 14 aromatic carbocycles. The highest BCUT2D eigenvalue weighted by Gasteiger charge is 2.38. The van der Waals surface area contributed by atoms with Gasteiger partial charge in [0.2, 0.25) is 0 Å². The zero-order valence-corrected chi connectivity index (χ0v) is 76.1. The molecule has 660 valence electrons. The van der Waals surface area contributed by atoms with Gasteiger partial charge in [-0.25, -0.2) is 44.9 Å². The van der Waals surface area contributed by atoms with E-state index in [9.17, 15) is 0 Å². The number of nitrogens with one attached hydrogen (secondary N) is 2. The van der Waals surface area contributed by atoms with Crippen LogP contribution in [0.1, 0.15) is 70.0 Å². The molecule has 4 aliphatic rings. The van der Waals surface area contributed by atoms with Crippen molar-refractivity contribution in [3.63, 3.8) is 0 Å². The van der Waals surface area contributed by atoms with E-state index in [1.54, 1.807) is 0 Å². The Balaban J connectivity index is 0.000000148. The zero-order chi connectivity index (χ0) is 92.8. The normalized spacial score (nSPS) is 14.2. The van der Waals surface area contributed by atoms with Gasteiger partial charge in [-0.05, 0) is 153 Å². The second-order valence-corrected chi connectivity index (χ2v) is 35.5. The summed E-state index contributed by atoms with van der Waals surface area (Å²) in [5.74, 6) is 2.76. The van der Waals surface area contributed by atoms with Crippen LogP contribution in [0.4, 0.5) is 0 Å². The fourth-order valence-corrected chi connectivity index (χ4v) is 20.2. The van der Waals surface area contributed by atoms with E-state index in [4.69, 9.17) is 59.8 Å². The summed E-state index contributed by atoms with van der Waals surface area (Å²) in [6.45, 7) is 0. The molecule has 0 amide bonds. The molecule has 22 aromatic rings. The first-order valence-electron chi connectivity index (χ1n) is 47.6. The molecule has 26 rings (SSSR count). The molecule has 14 heteroatoms. The molecule has 10 heterocycles. The van der Waals surface area contributed by atoms with Gasteiger partial charge in [0, 0.05) is 66.1 Å². The molecule has 0 radical (unpaired) electrons. The maximum atomic E-state index is 5.65. The molecule has 2 N–H and O–H groups in total. The van der Waals surface area contributed by atoms with Crippen molar-refractivity contribution in [3.05, 3.63) is 505 Å². The van der Waals surface area contributed by atoms with Gasteiger partial charge in [0.15, 0.2) is 11.6 Å². The van der Waals surface area contributed by atoms with Crippen molar-refractivity contribution in [1.82, 2.24) is 60.5 Å². The van der Waals surface area contributed by atoms with E-state index in [1.807, 2.05) is 140 Å². The molecule has 2 atom stereocenters. The molecule has 14 nitrogen and oxygen atoms in total. The fraction of sp³-hybridized carbons (Fsp3) is 0.0476. The molecular weight excluding hydrogens is 1710 g/mol. The molecule has 0 spiro atoms. The predicted molar refractivity (Wildman–Crippen MR) is 567 cm³/mol. The van der Waals surface area contributed by atoms with Crippen LogP contribution in [0.2, 0.25) is 0 Å². The molecule has 0 bridgehead atoms. The van der Waals surface area contributed by atoms with Gasteiger partial charge < -0.3 is 10.6 Å². The second-order valence-electron chi connectivity index (χ2n) is 35.5. The molecule has 0 saturated heterocycles. The summed E-state index contributed by atoms with van der Waals surface area (Å²) in [6.07, 6.45) is 3.26. The number of nitrogens with zero attached hydrogens (tertiary/aromatic N) is 12. The average Bonchev–Trinajstić information content (AvgIpc) is 0.745. The lowest BCUT2D eigenvalue weighted by Crippen LogP contribution is -2.34. The minimum absolute atomic E-state index is 0.356. The van der Waals surface area contributed by atoms with Crippen molar-refractivity contribution < 1.29 is 0 Å². The van der Waals surface area contributed by atoms with Crippen LogP contribution in [0.25, 0.3) is 190 Å². The number of aliphatic imine (C=N–C) groups is 2. The maximum Gasteiger partial charge on any atom is 0.160 e. The maximum absolute atomic E-state index is 5.65. The lowest BCUT2D eigenvalue weighted by atomic mass is 9.82. The minimum Gasteiger partial charge on any atom is -0.338 e. The van der Waals surface area contributed by atoms with Gasteiger partial charge in [-0.1, -0.05) is 388 Å². The smallest absolute Gasteiger partial charge is 0.160 e. The van der Waals surface area contributed by atoms with Gasteiger partial charge in [0.05, 0.1) is 79.4 Å². The summed E-state index contributed by atoms with van der Waals surface area (Å²) < 4.78 is 0. The van der Waals surface area contributed by atoms with Crippen LogP contribution in [-0.2, 0) is 12.8 Å². The van der Waals surface area contributed by atoms with Gasteiger partial charge in [-0.2, -0.15) is 0 Å². The highest BCUT2D eigenvalue weighted by Crippen LogP contribution is 2.50. The third-order valence-electron chi connectivity index (χ3n) is 27.0. The van der Waals surface area contributed by atoms with Gasteiger partial charge >= 0.3 is 0 Å². The van der Waals surface area contributed by atoms with Gasteiger partial charge in [-0.3, -0.25) is 15.0 Å². The topological polar surface area (TPSA) is 178 Å². The molecule has 8 aromatic heterocycles. The molecular formula is C126H86N14. The van der Waals surface area contributed by atoms with Crippen LogP contribution in [0.3, 0.4) is 0 Å². The molecule has 0 fully saturated rings. The lowest BCUT2D eigenvalue weighted by molar-refractivity contribution is 0.683. The van der Waals surface area contributed by atoms with E-state index < -0.39 is 0 Å². The highest BCUT2D eigenvalue weighted by atomic mass is 15.1. The van der Waals surface area contributed by atoms with Crippen LogP contribution < -0.4 is 10.6 Å². The second kappa shape index (κ2) is 36.4. The van der Waals surface area contributed by atoms with Crippen LogP contribution in [0, 0.1) is 0 Å². The van der Waals surface area contributed by atoms with Crippen molar-refractivity contribution in [2.75, 3.05) is 0 Å². The molecule has 0 saturated carbocycles. The first kappa shape index (κ1) is 83.4. The first-order chi connectivity index (χ1) is 69.4. The summed E-state index contributed by atoms with van der Waals surface area (Å²) in [4.78, 5) is 65.5. The van der Waals surface area contributed by atoms with Crippen LogP contribution >= 0.6 is 0 Å². The first-order valence-corrected chi connectivity index (χ1v) is 47.6. The Hall–Kier alpha value is -18.4. The van der Waals surface area contributed by atoms with E-state index in [0.717, 1.165) is 205 Å². The Morgan fingerprint density at radius 3 is 0.793 bits per heavy atom. The summed E-state index contributed by atoms with van der Waals surface area (Å²) in [6, 6.07) is 154.